The highest BCUT2D eigenvalue weighted by atomic mass is 19.1. The summed E-state index contributed by atoms with van der Waals surface area (Å²) < 4.78 is 23.4. The number of hydrazine groups is 1. The molecule has 0 spiro atoms. The van der Waals surface area contributed by atoms with Gasteiger partial charge in [-0.25, -0.2) is 25.2 Å². The number of aliphatic imine (C=N–C) groups is 1. The molecular formula is C21H27FN6O3. The number of carbonyl (C=O) groups excluding carboxylic acids is 1. The average Bonchev–Trinajstić information content (AvgIpc) is 3.22. The predicted molar refractivity (Wildman–Crippen MR) is 114 cm³/mol. The molecule has 2 heterocycles. The quantitative estimate of drug-likeness (QED) is 0.389. The van der Waals surface area contributed by atoms with Crippen LogP contribution in [0.25, 0.3) is 0 Å². The second kappa shape index (κ2) is 10.8. The number of carbonyl (C=O) groups is 1. The van der Waals surface area contributed by atoms with Crippen molar-refractivity contribution in [2.75, 3.05) is 20.8 Å². The molecule has 0 saturated carbocycles. The Hall–Kier alpha value is -3.08. The molecule has 1 amide bonds. The molecule has 9 nitrogen and oxygen atoms in total. The van der Waals surface area contributed by atoms with Crippen LogP contribution in [0.3, 0.4) is 0 Å². The van der Waals surface area contributed by atoms with Crippen LogP contribution in [0.5, 0.6) is 5.88 Å². The van der Waals surface area contributed by atoms with E-state index in [2.05, 4.69) is 31.5 Å². The molecule has 2 aromatic rings. The van der Waals surface area contributed by atoms with E-state index in [1.54, 1.807) is 31.4 Å². The van der Waals surface area contributed by atoms with Crippen molar-refractivity contribution < 1.29 is 18.7 Å². The van der Waals surface area contributed by atoms with E-state index in [1.807, 2.05) is 6.92 Å². The van der Waals surface area contributed by atoms with Crippen LogP contribution < -0.4 is 26.2 Å². The zero-order valence-corrected chi connectivity index (χ0v) is 17.7. The van der Waals surface area contributed by atoms with E-state index < -0.39 is 0 Å². The SMILES string of the molecule is COC[C@H](C)NC(=NC1CC(c2ccc(F)cc2)NN1)NC(=O)c1ccc(OC)nc1. The molecular weight excluding hydrogens is 403 g/mol. The molecule has 1 saturated heterocycles. The summed E-state index contributed by atoms with van der Waals surface area (Å²) in [5.41, 5.74) is 7.57. The van der Waals surface area contributed by atoms with Gasteiger partial charge in [0.25, 0.3) is 5.91 Å². The Labute approximate surface area is 180 Å². The van der Waals surface area contributed by atoms with E-state index in [4.69, 9.17) is 9.47 Å². The maximum atomic E-state index is 13.2. The van der Waals surface area contributed by atoms with Crippen molar-refractivity contribution >= 4 is 11.9 Å². The first-order valence-electron chi connectivity index (χ1n) is 9.89. The van der Waals surface area contributed by atoms with Gasteiger partial charge in [-0.1, -0.05) is 12.1 Å². The lowest BCUT2D eigenvalue weighted by atomic mass is 10.0. The molecule has 1 aliphatic rings. The summed E-state index contributed by atoms with van der Waals surface area (Å²) in [7, 11) is 3.11. The Morgan fingerprint density at radius 1 is 1.26 bits per heavy atom. The second-order valence-corrected chi connectivity index (χ2v) is 7.17. The van der Waals surface area contributed by atoms with Crippen LogP contribution in [0.1, 0.15) is 35.3 Å². The molecule has 4 N–H and O–H groups in total. The fraction of sp³-hybridized carbons (Fsp3) is 0.381. The highest BCUT2D eigenvalue weighted by Crippen LogP contribution is 2.22. The number of hydrogen-bond donors (Lipinski definition) is 4. The van der Waals surface area contributed by atoms with Crippen LogP contribution in [-0.2, 0) is 4.74 Å². The first kappa shape index (κ1) is 22.6. The molecule has 1 fully saturated rings. The van der Waals surface area contributed by atoms with Crippen LogP contribution in [0.15, 0.2) is 47.6 Å². The van der Waals surface area contributed by atoms with Gasteiger partial charge in [0, 0.05) is 37.9 Å². The van der Waals surface area contributed by atoms with E-state index >= 15 is 0 Å². The number of nitrogens with one attached hydrogen (secondary N) is 4. The minimum absolute atomic E-state index is 0.0338. The summed E-state index contributed by atoms with van der Waals surface area (Å²) >= 11 is 0. The number of pyridine rings is 1. The van der Waals surface area contributed by atoms with Gasteiger partial charge in [0.1, 0.15) is 12.0 Å². The molecule has 10 heteroatoms. The van der Waals surface area contributed by atoms with Crippen LogP contribution in [0, 0.1) is 5.82 Å². The molecule has 0 aliphatic carbocycles. The topological polar surface area (TPSA) is 109 Å². The van der Waals surface area contributed by atoms with E-state index in [0.29, 0.717) is 30.4 Å². The third kappa shape index (κ3) is 6.45. The number of rotatable bonds is 7. The minimum atomic E-state index is -0.355. The highest BCUT2D eigenvalue weighted by Gasteiger charge is 2.25. The van der Waals surface area contributed by atoms with Crippen molar-refractivity contribution in [3.8, 4) is 5.88 Å². The zero-order valence-electron chi connectivity index (χ0n) is 17.7. The van der Waals surface area contributed by atoms with Crippen LogP contribution in [-0.4, -0.2) is 49.9 Å². The van der Waals surface area contributed by atoms with E-state index in [9.17, 15) is 9.18 Å². The number of benzene rings is 1. The summed E-state index contributed by atoms with van der Waals surface area (Å²) in [5, 5.41) is 5.96. The fourth-order valence-corrected chi connectivity index (χ4v) is 3.14. The molecule has 0 bridgehead atoms. The average molecular weight is 430 g/mol. The summed E-state index contributed by atoms with van der Waals surface area (Å²) in [6.07, 6.45) is 1.75. The number of ether oxygens (including phenoxy) is 2. The number of guanidine groups is 1. The zero-order chi connectivity index (χ0) is 22.2. The largest absolute Gasteiger partial charge is 0.481 e. The summed E-state index contributed by atoms with van der Waals surface area (Å²) in [5.74, 6) is 0.0976. The van der Waals surface area contributed by atoms with Gasteiger partial charge in [0.05, 0.1) is 19.3 Å². The van der Waals surface area contributed by atoms with Crippen LogP contribution in [0.2, 0.25) is 0 Å². The molecule has 1 aliphatic heterocycles. The monoisotopic (exact) mass is 430 g/mol. The first-order valence-corrected chi connectivity index (χ1v) is 9.89. The maximum Gasteiger partial charge on any atom is 0.259 e. The standard InChI is InChI=1S/C21H27FN6O3/c1-13(12-30-2)24-21(26-20(29)15-6-9-19(31-3)23-11-15)25-18-10-17(27-28-18)14-4-7-16(22)8-5-14/h4-9,11,13,17-18,27-28H,10,12H2,1-3H3,(H2,24,25,26,29)/t13-,17?,18?/m0/s1. The smallest absolute Gasteiger partial charge is 0.259 e. The first-order chi connectivity index (χ1) is 15.0. The number of methoxy groups -OCH3 is 2. The Morgan fingerprint density at radius 3 is 2.68 bits per heavy atom. The number of amides is 1. The van der Waals surface area contributed by atoms with Gasteiger partial charge in [-0.3, -0.25) is 10.1 Å². The summed E-state index contributed by atoms with van der Waals surface area (Å²) in [6, 6.07) is 9.44. The van der Waals surface area contributed by atoms with Gasteiger partial charge in [-0.05, 0) is 30.7 Å². The van der Waals surface area contributed by atoms with Crippen molar-refractivity contribution in [3.05, 3.63) is 59.5 Å². The molecule has 1 aromatic heterocycles. The number of aromatic nitrogens is 1. The van der Waals surface area contributed by atoms with E-state index in [-0.39, 0.29) is 30.0 Å². The van der Waals surface area contributed by atoms with Gasteiger partial charge >= 0.3 is 0 Å². The number of hydrogen-bond acceptors (Lipinski definition) is 7. The van der Waals surface area contributed by atoms with Crippen molar-refractivity contribution in [1.29, 1.82) is 0 Å². The van der Waals surface area contributed by atoms with Crippen molar-refractivity contribution in [2.24, 2.45) is 4.99 Å². The number of nitrogens with zero attached hydrogens (tertiary/aromatic N) is 2. The fourth-order valence-electron chi connectivity index (χ4n) is 3.14. The third-order valence-electron chi connectivity index (χ3n) is 4.68. The Morgan fingerprint density at radius 2 is 2.03 bits per heavy atom. The van der Waals surface area contributed by atoms with Crippen LogP contribution >= 0.6 is 0 Å². The van der Waals surface area contributed by atoms with Crippen molar-refractivity contribution in [1.82, 2.24) is 26.5 Å². The maximum absolute atomic E-state index is 13.2. The van der Waals surface area contributed by atoms with E-state index in [1.165, 1.54) is 25.4 Å². The molecule has 2 unspecified atom stereocenters. The van der Waals surface area contributed by atoms with Gasteiger partial charge in [-0.2, -0.15) is 0 Å². The van der Waals surface area contributed by atoms with Crippen molar-refractivity contribution in [3.63, 3.8) is 0 Å². The molecule has 3 rings (SSSR count). The summed E-state index contributed by atoms with van der Waals surface area (Å²) in [6.45, 7) is 2.36. The van der Waals surface area contributed by atoms with Gasteiger partial charge in [-0.15, -0.1) is 0 Å². The Kier molecular flexibility index (Phi) is 7.88. The Balaban J connectivity index is 1.70. The van der Waals surface area contributed by atoms with Crippen LogP contribution in [0.4, 0.5) is 4.39 Å². The predicted octanol–water partition coefficient (Wildman–Crippen LogP) is 1.50. The Bertz CT molecular complexity index is 891. The van der Waals surface area contributed by atoms with Gasteiger partial charge in [0.2, 0.25) is 5.88 Å². The summed E-state index contributed by atoms with van der Waals surface area (Å²) in [4.78, 5) is 21.3. The molecule has 31 heavy (non-hydrogen) atoms. The molecule has 1 aromatic carbocycles. The number of halogens is 1. The molecule has 3 atom stereocenters. The lowest BCUT2D eigenvalue weighted by Gasteiger charge is -2.18. The lowest BCUT2D eigenvalue weighted by molar-refractivity contribution is 0.0974. The highest BCUT2D eigenvalue weighted by molar-refractivity contribution is 6.05. The molecule has 0 radical (unpaired) electrons. The third-order valence-corrected chi connectivity index (χ3v) is 4.68. The lowest BCUT2D eigenvalue weighted by Crippen LogP contribution is -2.47. The van der Waals surface area contributed by atoms with E-state index in [0.717, 1.165) is 5.56 Å². The molecule has 166 valence electrons. The van der Waals surface area contributed by atoms with Gasteiger partial charge < -0.3 is 14.8 Å². The van der Waals surface area contributed by atoms with Gasteiger partial charge in [0.15, 0.2) is 5.96 Å². The minimum Gasteiger partial charge on any atom is -0.481 e. The second-order valence-electron chi connectivity index (χ2n) is 7.17. The van der Waals surface area contributed by atoms with Crippen molar-refractivity contribution in [2.45, 2.75) is 31.6 Å². The normalized spacial score (nSPS) is 19.7.